The molecule has 126 valence electrons. The number of carbonyl (C=O) groups excluding carboxylic acids is 1. The molecule has 0 saturated heterocycles. The van der Waals surface area contributed by atoms with Gasteiger partial charge in [0.2, 0.25) is 5.82 Å². The first kappa shape index (κ1) is 15.6. The average molecular weight is 343 g/mol. The summed E-state index contributed by atoms with van der Waals surface area (Å²) in [5.74, 6) is 0.669. The third-order valence-electron chi connectivity index (χ3n) is 3.58. The molecular formula is C18H13N7O. The second-order valence-corrected chi connectivity index (χ2v) is 5.26. The van der Waals surface area contributed by atoms with Gasteiger partial charge in [-0.25, -0.2) is 15.0 Å². The van der Waals surface area contributed by atoms with Crippen LogP contribution in [0, 0.1) is 0 Å². The standard InChI is InChI=1S/C18H13N7O/c26-18(17-22-11-12-25(17)13-4-8-19-9-5-13)24-15-6-10-21-16(23-15)14-3-1-2-7-20-14/h1-12H,(H,21,23,24,26). The summed E-state index contributed by atoms with van der Waals surface area (Å²) in [6.45, 7) is 0. The van der Waals surface area contributed by atoms with Crippen molar-refractivity contribution in [3.8, 4) is 17.2 Å². The third kappa shape index (κ3) is 3.16. The number of imidazole rings is 1. The lowest BCUT2D eigenvalue weighted by atomic mass is 10.3. The Balaban J connectivity index is 1.60. The summed E-state index contributed by atoms with van der Waals surface area (Å²) >= 11 is 0. The fourth-order valence-electron chi connectivity index (χ4n) is 2.40. The van der Waals surface area contributed by atoms with E-state index in [-0.39, 0.29) is 11.7 Å². The van der Waals surface area contributed by atoms with Gasteiger partial charge in [-0.2, -0.15) is 0 Å². The number of carbonyl (C=O) groups is 1. The van der Waals surface area contributed by atoms with Crippen molar-refractivity contribution in [2.24, 2.45) is 0 Å². The lowest BCUT2D eigenvalue weighted by Crippen LogP contribution is -2.18. The van der Waals surface area contributed by atoms with Crippen LogP contribution in [0.4, 0.5) is 5.82 Å². The van der Waals surface area contributed by atoms with Gasteiger partial charge < -0.3 is 5.32 Å². The molecule has 0 bridgehead atoms. The molecule has 0 aliphatic heterocycles. The highest BCUT2D eigenvalue weighted by atomic mass is 16.2. The zero-order valence-electron chi connectivity index (χ0n) is 13.5. The van der Waals surface area contributed by atoms with Gasteiger partial charge in [-0.05, 0) is 30.3 Å². The number of nitrogens with one attached hydrogen (secondary N) is 1. The quantitative estimate of drug-likeness (QED) is 0.611. The second kappa shape index (κ2) is 6.89. The van der Waals surface area contributed by atoms with Gasteiger partial charge in [-0.1, -0.05) is 6.07 Å². The fourth-order valence-corrected chi connectivity index (χ4v) is 2.40. The minimum atomic E-state index is -0.377. The summed E-state index contributed by atoms with van der Waals surface area (Å²) < 4.78 is 1.68. The van der Waals surface area contributed by atoms with Crippen LogP contribution >= 0.6 is 0 Å². The molecule has 0 saturated carbocycles. The maximum absolute atomic E-state index is 12.6. The molecule has 0 aliphatic rings. The number of hydrogen-bond donors (Lipinski definition) is 1. The monoisotopic (exact) mass is 343 g/mol. The highest BCUT2D eigenvalue weighted by molar-refractivity contribution is 6.01. The largest absolute Gasteiger partial charge is 0.304 e. The molecule has 0 aromatic carbocycles. The van der Waals surface area contributed by atoms with Crippen molar-refractivity contribution in [3.05, 3.63) is 79.4 Å². The van der Waals surface area contributed by atoms with Crippen LogP contribution in [-0.4, -0.2) is 35.4 Å². The molecule has 8 nitrogen and oxygen atoms in total. The molecule has 26 heavy (non-hydrogen) atoms. The number of amides is 1. The zero-order chi connectivity index (χ0) is 17.8. The third-order valence-corrected chi connectivity index (χ3v) is 3.58. The summed E-state index contributed by atoms with van der Waals surface area (Å²) in [5.41, 5.74) is 1.42. The molecule has 8 heteroatoms. The highest BCUT2D eigenvalue weighted by Crippen LogP contribution is 2.15. The molecule has 0 aliphatic carbocycles. The first-order valence-corrected chi connectivity index (χ1v) is 7.81. The van der Waals surface area contributed by atoms with Crippen molar-refractivity contribution in [3.63, 3.8) is 0 Å². The van der Waals surface area contributed by atoms with Crippen molar-refractivity contribution in [1.29, 1.82) is 0 Å². The molecule has 0 unspecified atom stereocenters. The Kier molecular flexibility index (Phi) is 4.13. The summed E-state index contributed by atoms with van der Waals surface area (Å²) in [7, 11) is 0. The molecular weight excluding hydrogens is 330 g/mol. The van der Waals surface area contributed by atoms with Gasteiger partial charge in [-0.15, -0.1) is 0 Å². The highest BCUT2D eigenvalue weighted by Gasteiger charge is 2.15. The van der Waals surface area contributed by atoms with Gasteiger partial charge in [0.25, 0.3) is 5.91 Å². The van der Waals surface area contributed by atoms with Crippen LogP contribution in [0.15, 0.2) is 73.6 Å². The molecule has 4 aromatic heterocycles. The van der Waals surface area contributed by atoms with Crippen LogP contribution in [0.5, 0.6) is 0 Å². The van der Waals surface area contributed by atoms with Crippen LogP contribution in [0.3, 0.4) is 0 Å². The number of nitrogens with zero attached hydrogens (tertiary/aromatic N) is 6. The van der Waals surface area contributed by atoms with Gasteiger partial charge in [0, 0.05) is 37.2 Å². The van der Waals surface area contributed by atoms with E-state index in [0.29, 0.717) is 17.3 Å². The lowest BCUT2D eigenvalue weighted by Gasteiger charge is -2.08. The van der Waals surface area contributed by atoms with E-state index in [0.717, 1.165) is 5.69 Å². The molecule has 0 spiro atoms. The summed E-state index contributed by atoms with van der Waals surface area (Å²) in [6, 6.07) is 10.7. The Labute approximate surface area is 148 Å². The van der Waals surface area contributed by atoms with Gasteiger partial charge in [0.05, 0.1) is 5.69 Å². The Morgan fingerprint density at radius 3 is 2.58 bits per heavy atom. The Bertz CT molecular complexity index is 1030. The molecule has 1 amide bonds. The van der Waals surface area contributed by atoms with Gasteiger partial charge in [0.1, 0.15) is 11.5 Å². The van der Waals surface area contributed by atoms with Crippen LogP contribution in [0.1, 0.15) is 10.6 Å². The molecule has 1 N–H and O–H groups in total. The number of rotatable bonds is 4. The normalized spacial score (nSPS) is 10.5. The Hall–Kier alpha value is -3.94. The van der Waals surface area contributed by atoms with Crippen LogP contribution in [0.25, 0.3) is 17.2 Å². The maximum Gasteiger partial charge on any atom is 0.293 e. The Morgan fingerprint density at radius 2 is 1.77 bits per heavy atom. The van der Waals surface area contributed by atoms with Crippen molar-refractivity contribution in [2.45, 2.75) is 0 Å². The minimum absolute atomic E-state index is 0.245. The van der Waals surface area contributed by atoms with E-state index < -0.39 is 0 Å². The molecule has 0 atom stereocenters. The maximum atomic E-state index is 12.6. The first-order chi connectivity index (χ1) is 12.8. The van der Waals surface area contributed by atoms with Gasteiger partial charge in [0.15, 0.2) is 5.82 Å². The number of hydrogen-bond acceptors (Lipinski definition) is 6. The molecule has 0 radical (unpaired) electrons. The van der Waals surface area contributed by atoms with Crippen molar-refractivity contribution >= 4 is 11.7 Å². The van der Waals surface area contributed by atoms with E-state index in [4.69, 9.17) is 0 Å². The molecule has 0 fully saturated rings. The van der Waals surface area contributed by atoms with Crippen molar-refractivity contribution in [1.82, 2.24) is 29.5 Å². The lowest BCUT2D eigenvalue weighted by molar-refractivity contribution is 0.101. The van der Waals surface area contributed by atoms with Gasteiger partial charge >= 0.3 is 0 Å². The van der Waals surface area contributed by atoms with Crippen LogP contribution < -0.4 is 5.32 Å². The number of aromatic nitrogens is 6. The molecule has 4 rings (SSSR count). The molecule has 4 aromatic rings. The smallest absolute Gasteiger partial charge is 0.293 e. The minimum Gasteiger partial charge on any atom is -0.304 e. The second-order valence-electron chi connectivity index (χ2n) is 5.26. The topological polar surface area (TPSA) is 98.5 Å². The zero-order valence-corrected chi connectivity index (χ0v) is 13.5. The summed E-state index contributed by atoms with van der Waals surface area (Å²) in [4.78, 5) is 33.5. The van der Waals surface area contributed by atoms with E-state index in [1.807, 2.05) is 12.1 Å². The van der Waals surface area contributed by atoms with E-state index in [2.05, 4.69) is 30.2 Å². The van der Waals surface area contributed by atoms with E-state index in [1.165, 1.54) is 0 Å². The predicted molar refractivity (Wildman–Crippen MR) is 94.6 cm³/mol. The average Bonchev–Trinajstić information content (AvgIpc) is 3.20. The van der Waals surface area contributed by atoms with Crippen LogP contribution in [-0.2, 0) is 0 Å². The van der Waals surface area contributed by atoms with E-state index in [9.17, 15) is 4.79 Å². The predicted octanol–water partition coefficient (Wildman–Crippen LogP) is 2.37. The van der Waals surface area contributed by atoms with E-state index in [1.54, 1.807) is 66.0 Å². The number of anilines is 1. The van der Waals surface area contributed by atoms with Gasteiger partial charge in [-0.3, -0.25) is 19.3 Å². The number of pyridine rings is 2. The summed E-state index contributed by atoms with van der Waals surface area (Å²) in [5, 5.41) is 2.75. The Morgan fingerprint density at radius 1 is 0.885 bits per heavy atom. The SMILES string of the molecule is O=C(Nc1ccnc(-c2ccccn2)n1)c1nccn1-c1ccncc1. The van der Waals surface area contributed by atoms with Crippen molar-refractivity contribution in [2.75, 3.05) is 5.32 Å². The fraction of sp³-hybridized carbons (Fsp3) is 0. The molecule has 4 heterocycles. The van der Waals surface area contributed by atoms with Crippen LogP contribution in [0.2, 0.25) is 0 Å². The van der Waals surface area contributed by atoms with Crippen molar-refractivity contribution < 1.29 is 4.79 Å². The first-order valence-electron chi connectivity index (χ1n) is 7.81. The summed E-state index contributed by atoms with van der Waals surface area (Å²) in [6.07, 6.45) is 9.82. The van der Waals surface area contributed by atoms with E-state index >= 15 is 0 Å².